The summed E-state index contributed by atoms with van der Waals surface area (Å²) in [7, 11) is 4.32. The molecule has 0 saturated carbocycles. The number of nitrogens with one attached hydrogen (secondary N) is 1. The van der Waals surface area contributed by atoms with Crippen molar-refractivity contribution in [2.24, 2.45) is 5.73 Å². The van der Waals surface area contributed by atoms with E-state index in [1.54, 1.807) is 54.6 Å². The average Bonchev–Trinajstić information content (AvgIpc) is 4.35. The minimum atomic E-state index is -1.05. The second-order valence-electron chi connectivity index (χ2n) is 17.3. The number of ether oxygens (including phenoxy) is 3. The number of esters is 3. The molecule has 3 fully saturated rings. The molecule has 0 aromatic heterocycles. The molecular formula is C53H66BCl6N3NaO22. The normalized spacial score (nSPS) is 14.2. The maximum atomic E-state index is 11.7. The van der Waals surface area contributed by atoms with Gasteiger partial charge in [0.2, 0.25) is 18.2 Å². The average molecular weight is 1340 g/mol. The number of cyclic esters (lactones) is 1. The fourth-order valence-corrected chi connectivity index (χ4v) is 7.70. The van der Waals surface area contributed by atoms with E-state index in [4.69, 9.17) is 101 Å². The molecule has 4 atom stereocenters. The summed E-state index contributed by atoms with van der Waals surface area (Å²) in [5, 5.41) is 49.6. The predicted octanol–water partition coefficient (Wildman–Crippen LogP) is 4.20. The predicted molar refractivity (Wildman–Crippen MR) is 310 cm³/mol. The van der Waals surface area contributed by atoms with E-state index in [2.05, 4.69) is 37.3 Å². The molecule has 1 unspecified atom stereocenters. The monoisotopic (exact) mass is 1340 g/mol. The van der Waals surface area contributed by atoms with Crippen LogP contribution >= 0.6 is 69.6 Å². The van der Waals surface area contributed by atoms with Crippen molar-refractivity contribution in [3.8, 4) is 0 Å². The molecule has 3 heterocycles. The summed E-state index contributed by atoms with van der Waals surface area (Å²) in [5.74, 6) is -7.25. The van der Waals surface area contributed by atoms with E-state index in [1.807, 2.05) is 0 Å². The van der Waals surface area contributed by atoms with Crippen LogP contribution in [0.25, 0.3) is 0 Å². The van der Waals surface area contributed by atoms with Gasteiger partial charge in [0.25, 0.3) is 0 Å². The smallest absolute Gasteiger partial charge is 0.793 e. The topological polar surface area (TPSA) is 386 Å². The molecule has 6 rings (SSSR count). The second kappa shape index (κ2) is 48.7. The Balaban J connectivity index is -0.000000964. The first kappa shape index (κ1) is 84.9. The molecular weight excluding hydrogens is 1280 g/mol. The molecule has 3 aliphatic rings. The van der Waals surface area contributed by atoms with Crippen LogP contribution in [0.5, 0.6) is 0 Å². The molecule has 3 radical (unpaired) electrons. The number of nitrogens with two attached hydrogens (primary N) is 1. The van der Waals surface area contributed by atoms with Gasteiger partial charge in [0, 0.05) is 110 Å². The van der Waals surface area contributed by atoms with Crippen LogP contribution in [0.3, 0.4) is 0 Å². The van der Waals surface area contributed by atoms with Gasteiger partial charge in [-0.1, -0.05) is 87.8 Å². The number of aliphatic carboxylic acids is 4. The number of nitrogens with zero attached hydrogens (tertiary/aromatic N) is 1. The summed E-state index contributed by atoms with van der Waals surface area (Å²) in [4.78, 5) is 123. The summed E-state index contributed by atoms with van der Waals surface area (Å²) in [5.41, 5.74) is 7.40. The van der Waals surface area contributed by atoms with E-state index in [9.17, 15) is 57.8 Å². The van der Waals surface area contributed by atoms with Gasteiger partial charge in [0.05, 0.1) is 6.42 Å². The van der Waals surface area contributed by atoms with Crippen LogP contribution in [0.4, 0.5) is 0 Å². The summed E-state index contributed by atoms with van der Waals surface area (Å²) >= 11 is 35.1. The van der Waals surface area contributed by atoms with E-state index in [0.717, 1.165) is 27.1 Å². The Labute approximate surface area is 549 Å². The van der Waals surface area contributed by atoms with E-state index in [1.165, 1.54) is 38.5 Å². The Morgan fingerprint density at radius 3 is 1.36 bits per heavy atom. The third kappa shape index (κ3) is 44.2. The van der Waals surface area contributed by atoms with Gasteiger partial charge in [-0.3, -0.25) is 38.4 Å². The summed E-state index contributed by atoms with van der Waals surface area (Å²) < 4.78 is 16.8. The van der Waals surface area contributed by atoms with Crippen molar-refractivity contribution < 1.29 is 136 Å². The number of hydrogen-bond acceptors (Lipinski definition) is 20. The summed E-state index contributed by atoms with van der Waals surface area (Å²) in [6.45, 7) is 8.68. The Kier molecular flexibility index (Phi) is 48.0. The van der Waals surface area contributed by atoms with Gasteiger partial charge >= 0.3 is 83.3 Å². The molecule has 33 heteroatoms. The molecule has 8 N–H and O–H groups in total. The first-order chi connectivity index (χ1) is 39.7. The molecule has 25 nitrogen and oxygen atoms in total. The van der Waals surface area contributed by atoms with Gasteiger partial charge in [-0.15, -0.1) is 0 Å². The minimum absolute atomic E-state index is 0. The van der Waals surface area contributed by atoms with Gasteiger partial charge in [0.1, 0.15) is 18.1 Å². The van der Waals surface area contributed by atoms with Gasteiger partial charge in [-0.05, 0) is 98.2 Å². The van der Waals surface area contributed by atoms with Crippen molar-refractivity contribution in [1.82, 2.24) is 10.2 Å². The molecule has 471 valence electrons. The fraction of sp³-hybridized carbons (Fsp3) is 0.453. The van der Waals surface area contributed by atoms with Crippen molar-refractivity contribution in [3.63, 3.8) is 0 Å². The summed E-state index contributed by atoms with van der Waals surface area (Å²) in [6.07, 6.45) is 4.64. The first-order valence-electron chi connectivity index (χ1n) is 25.1. The zero-order valence-electron chi connectivity index (χ0n) is 47.7. The number of carbonyl (C=O) groups excluding carboxylic acids is 7. The fourth-order valence-electron chi connectivity index (χ4n) is 6.25. The molecule has 0 aliphatic carbocycles. The molecule has 3 saturated heterocycles. The van der Waals surface area contributed by atoms with Gasteiger partial charge in [-0.25, -0.2) is 24.2 Å². The zero-order chi connectivity index (χ0) is 65.4. The SMILES string of the molecule is C1CCOC1.CC(=O)OC(C)=O.CC(=O)OOC(C)=O.N[C@H](Cc1ccc(Cl)cc1Cl)C(=O)O.O=C(O)CCCN[C@H](Cc1ccc(Cl)cc1Cl)C(=O)O.O=C(O)[C@@H](Cc1ccc(Cl)cc1Cl)N1CCCC1=O.O=C1CCC(O)O1.[B-]OC(C)=O.[Na+]. The van der Waals surface area contributed by atoms with E-state index in [-0.39, 0.29) is 67.1 Å². The maximum absolute atomic E-state index is 11.7. The van der Waals surface area contributed by atoms with Crippen molar-refractivity contribution >= 4 is 143 Å². The molecule has 1 amide bonds. The maximum Gasteiger partial charge on any atom is 1.00 e. The van der Waals surface area contributed by atoms with Crippen LogP contribution in [0.1, 0.15) is 103 Å². The third-order valence-corrected chi connectivity index (χ3v) is 11.8. The molecule has 3 aromatic carbocycles. The van der Waals surface area contributed by atoms with Crippen LogP contribution in [-0.2, 0) is 101 Å². The number of rotatable bonds is 15. The van der Waals surface area contributed by atoms with Crippen LogP contribution in [0.2, 0.25) is 30.1 Å². The van der Waals surface area contributed by atoms with Crippen LogP contribution in [0.15, 0.2) is 54.6 Å². The van der Waals surface area contributed by atoms with Crippen LogP contribution in [-0.4, -0.2) is 155 Å². The zero-order valence-corrected chi connectivity index (χ0v) is 54.2. The van der Waals surface area contributed by atoms with Gasteiger partial charge < -0.3 is 68.4 Å². The number of carboxylic acids is 4. The molecule has 0 spiro atoms. The van der Waals surface area contributed by atoms with Gasteiger partial charge in [0.15, 0.2) is 0 Å². The number of hydrogen-bond donors (Lipinski definition) is 7. The first-order valence-corrected chi connectivity index (χ1v) is 27.3. The number of likely N-dealkylation sites (tertiary alicyclic amines) is 1. The molecule has 86 heavy (non-hydrogen) atoms. The Morgan fingerprint density at radius 2 is 1.09 bits per heavy atom. The number of halogens is 6. The molecule has 3 aliphatic heterocycles. The van der Waals surface area contributed by atoms with Crippen molar-refractivity contribution in [2.45, 2.75) is 130 Å². The van der Waals surface area contributed by atoms with Crippen molar-refractivity contribution in [2.75, 3.05) is 26.3 Å². The summed E-state index contributed by atoms with van der Waals surface area (Å²) in [6, 6.07) is 12.1. The second-order valence-corrected chi connectivity index (χ2v) is 19.8. The van der Waals surface area contributed by atoms with E-state index < -0.39 is 78.1 Å². The number of benzene rings is 3. The number of carboxylic acid groups (broad SMARTS) is 4. The number of amides is 1. The standard InChI is InChI=1S/C13H15Cl2NO4.C13H13Cl2NO3.C9H9Cl2NO2.C4H6O4.2C4H6O3.C4H8O.C2H3BO2.Na/c14-9-4-3-8(10(15)7-9)6-11(13(19)20)16-5-1-2-12(17)18;14-9-4-3-8(10(15)7-9)6-11(13(18)19)16-5-1-2-12(16)17;10-6-2-1-5(7(11)4-6)3-8(12)9(13)14;1-3(5)7-8-4(2)6;5-3-1-2-4(6)7-3;1-3(5)7-4(2)6;1-2-4-5-3-1;1-2(4)5-3;/h3-4,7,11,16H,1-2,5-6H2,(H,17,18)(H,19,20);3-4,7,11H,1-2,5-6H2,(H,18,19);1-2,4,8H,3,12H2,(H,13,14);1-2H3;3,5H,1-2H2;1-2H3;1-4H2;1H3;/q;;;;;;;-1;+1/t2*11-;8-;;;;;;/m111....../s1. The van der Waals surface area contributed by atoms with Crippen LogP contribution < -0.4 is 40.6 Å². The third-order valence-electron chi connectivity index (χ3n) is 10.1. The number of aliphatic hydroxyl groups excluding tert-OH is 1. The number of aliphatic hydroxyl groups is 1. The van der Waals surface area contributed by atoms with Crippen molar-refractivity contribution in [3.05, 3.63) is 101 Å². The van der Waals surface area contributed by atoms with Crippen molar-refractivity contribution in [1.29, 1.82) is 0 Å². The quantitative estimate of drug-likeness (QED) is 0.0280. The Morgan fingerprint density at radius 1 is 0.651 bits per heavy atom. The van der Waals surface area contributed by atoms with Crippen LogP contribution in [0, 0.1) is 0 Å². The Hall–Kier alpha value is -5.33. The molecule has 0 bridgehead atoms. The number of carbonyl (C=O) groups is 11. The largest absolute Gasteiger partial charge is 1.00 e. The minimum Gasteiger partial charge on any atom is -0.793 e. The van der Waals surface area contributed by atoms with E-state index in [0.29, 0.717) is 92.0 Å². The van der Waals surface area contributed by atoms with E-state index >= 15 is 0 Å². The van der Waals surface area contributed by atoms with Gasteiger partial charge in [-0.2, -0.15) is 0 Å². The molecule has 3 aromatic rings. The Bertz CT molecular complexity index is 2640.